The van der Waals surface area contributed by atoms with Gasteiger partial charge in [-0.15, -0.1) is 0 Å². The van der Waals surface area contributed by atoms with E-state index in [1.54, 1.807) is 23.0 Å². The molecule has 78 valence electrons. The summed E-state index contributed by atoms with van der Waals surface area (Å²) in [4.78, 5) is 4.15. The molecule has 1 aromatic heterocycles. The highest BCUT2D eigenvalue weighted by atomic mass is 19.1. The van der Waals surface area contributed by atoms with Gasteiger partial charge < -0.3 is 10.3 Å². The SMILES string of the molecule is Cc1ncn(-c2cccc(F)c2N)c1C. The molecule has 2 rings (SSSR count). The summed E-state index contributed by atoms with van der Waals surface area (Å²) in [6.07, 6.45) is 1.65. The molecule has 1 aromatic carbocycles. The van der Waals surface area contributed by atoms with Gasteiger partial charge in [-0.25, -0.2) is 9.37 Å². The standard InChI is InChI=1S/C11H12FN3/c1-7-8(2)15(6-14-7)10-5-3-4-9(12)11(10)13/h3-6H,13H2,1-2H3. The van der Waals surface area contributed by atoms with Crippen LogP contribution in [0.4, 0.5) is 10.1 Å². The zero-order valence-corrected chi connectivity index (χ0v) is 8.66. The third-order valence-electron chi connectivity index (χ3n) is 2.54. The Morgan fingerprint density at radius 2 is 2.07 bits per heavy atom. The molecule has 1 heterocycles. The van der Waals surface area contributed by atoms with Crippen molar-refractivity contribution in [1.29, 1.82) is 0 Å². The summed E-state index contributed by atoms with van der Waals surface area (Å²) >= 11 is 0. The van der Waals surface area contributed by atoms with E-state index < -0.39 is 5.82 Å². The third kappa shape index (κ3) is 1.48. The van der Waals surface area contributed by atoms with Crippen molar-refractivity contribution in [1.82, 2.24) is 9.55 Å². The predicted octanol–water partition coefficient (Wildman–Crippen LogP) is 2.21. The van der Waals surface area contributed by atoms with E-state index >= 15 is 0 Å². The van der Waals surface area contributed by atoms with E-state index in [4.69, 9.17) is 5.73 Å². The molecular formula is C11H12FN3. The lowest BCUT2D eigenvalue weighted by molar-refractivity contribution is 0.631. The normalized spacial score (nSPS) is 10.6. The first kappa shape index (κ1) is 9.71. The highest BCUT2D eigenvalue weighted by Crippen LogP contribution is 2.22. The van der Waals surface area contributed by atoms with Gasteiger partial charge in [-0.3, -0.25) is 0 Å². The zero-order valence-electron chi connectivity index (χ0n) is 8.66. The molecule has 15 heavy (non-hydrogen) atoms. The molecule has 0 amide bonds. The van der Waals surface area contributed by atoms with Crippen molar-refractivity contribution in [2.45, 2.75) is 13.8 Å². The molecule has 0 aliphatic carbocycles. The van der Waals surface area contributed by atoms with E-state index in [1.807, 2.05) is 13.8 Å². The van der Waals surface area contributed by atoms with E-state index in [0.29, 0.717) is 5.69 Å². The fourth-order valence-electron chi connectivity index (χ4n) is 1.48. The van der Waals surface area contributed by atoms with Crippen LogP contribution in [0, 0.1) is 19.7 Å². The van der Waals surface area contributed by atoms with Crippen molar-refractivity contribution in [3.05, 3.63) is 41.7 Å². The number of anilines is 1. The number of para-hydroxylation sites is 1. The average Bonchev–Trinajstić information content (AvgIpc) is 2.53. The Balaban J connectivity index is 2.64. The van der Waals surface area contributed by atoms with Crippen LogP contribution in [-0.2, 0) is 0 Å². The number of rotatable bonds is 1. The van der Waals surface area contributed by atoms with Crippen LogP contribution >= 0.6 is 0 Å². The highest BCUT2D eigenvalue weighted by molar-refractivity contribution is 5.59. The van der Waals surface area contributed by atoms with Gasteiger partial charge in [0.05, 0.1) is 23.4 Å². The quantitative estimate of drug-likeness (QED) is 0.725. The van der Waals surface area contributed by atoms with Crippen molar-refractivity contribution >= 4 is 5.69 Å². The maximum atomic E-state index is 13.2. The summed E-state index contributed by atoms with van der Waals surface area (Å²) in [5.41, 5.74) is 8.33. The number of benzene rings is 1. The van der Waals surface area contributed by atoms with Gasteiger partial charge in [-0.2, -0.15) is 0 Å². The number of nitrogens with zero attached hydrogens (tertiary/aromatic N) is 2. The van der Waals surface area contributed by atoms with Crippen LogP contribution in [0.5, 0.6) is 0 Å². The van der Waals surface area contributed by atoms with Crippen LogP contribution in [0.3, 0.4) is 0 Å². The molecule has 0 spiro atoms. The van der Waals surface area contributed by atoms with E-state index in [-0.39, 0.29) is 5.69 Å². The third-order valence-corrected chi connectivity index (χ3v) is 2.54. The fraction of sp³-hybridized carbons (Fsp3) is 0.182. The molecule has 0 saturated heterocycles. The number of aryl methyl sites for hydroxylation is 1. The number of imidazole rings is 1. The maximum Gasteiger partial charge on any atom is 0.148 e. The van der Waals surface area contributed by atoms with E-state index in [9.17, 15) is 4.39 Å². The van der Waals surface area contributed by atoms with Crippen LogP contribution in [0.2, 0.25) is 0 Å². The molecule has 0 aliphatic rings. The first-order valence-electron chi connectivity index (χ1n) is 4.66. The molecule has 4 heteroatoms. The van der Waals surface area contributed by atoms with Crippen LogP contribution in [0.25, 0.3) is 5.69 Å². The first-order valence-corrected chi connectivity index (χ1v) is 4.66. The molecule has 3 nitrogen and oxygen atoms in total. The topological polar surface area (TPSA) is 43.8 Å². The van der Waals surface area contributed by atoms with Crippen molar-refractivity contribution in [2.75, 3.05) is 5.73 Å². The molecule has 2 aromatic rings. The van der Waals surface area contributed by atoms with E-state index in [1.165, 1.54) is 6.07 Å². The fourth-order valence-corrected chi connectivity index (χ4v) is 1.48. The second-order valence-electron chi connectivity index (χ2n) is 3.46. The minimum absolute atomic E-state index is 0.151. The van der Waals surface area contributed by atoms with Crippen molar-refractivity contribution in [3.8, 4) is 5.69 Å². The van der Waals surface area contributed by atoms with Gasteiger partial charge in [0.15, 0.2) is 0 Å². The predicted molar refractivity (Wildman–Crippen MR) is 57.4 cm³/mol. The van der Waals surface area contributed by atoms with Gasteiger partial charge in [0.2, 0.25) is 0 Å². The zero-order chi connectivity index (χ0) is 11.0. The largest absolute Gasteiger partial charge is 0.395 e. The van der Waals surface area contributed by atoms with Gasteiger partial charge in [0, 0.05) is 5.69 Å². The van der Waals surface area contributed by atoms with Crippen LogP contribution in [0.15, 0.2) is 24.5 Å². The average molecular weight is 205 g/mol. The summed E-state index contributed by atoms with van der Waals surface area (Å²) in [5.74, 6) is -0.404. The van der Waals surface area contributed by atoms with Crippen molar-refractivity contribution in [2.24, 2.45) is 0 Å². The number of nitrogens with two attached hydrogens (primary N) is 1. The molecule has 0 saturated carbocycles. The van der Waals surface area contributed by atoms with Crippen LogP contribution in [0.1, 0.15) is 11.4 Å². The Morgan fingerprint density at radius 3 is 2.67 bits per heavy atom. The molecule has 0 aliphatic heterocycles. The molecule has 0 radical (unpaired) electrons. The molecule has 0 fully saturated rings. The lowest BCUT2D eigenvalue weighted by Gasteiger charge is -2.09. The summed E-state index contributed by atoms with van der Waals surface area (Å²) in [7, 11) is 0. The number of hydrogen-bond donors (Lipinski definition) is 1. The minimum Gasteiger partial charge on any atom is -0.395 e. The van der Waals surface area contributed by atoms with Gasteiger partial charge in [0.1, 0.15) is 5.82 Å². The Kier molecular flexibility index (Phi) is 2.19. The lowest BCUT2D eigenvalue weighted by atomic mass is 10.2. The Morgan fingerprint density at radius 1 is 1.33 bits per heavy atom. The molecular weight excluding hydrogens is 193 g/mol. The smallest absolute Gasteiger partial charge is 0.148 e. The maximum absolute atomic E-state index is 13.2. The lowest BCUT2D eigenvalue weighted by Crippen LogP contribution is -2.02. The molecule has 0 atom stereocenters. The van der Waals surface area contributed by atoms with Gasteiger partial charge in [-0.1, -0.05) is 6.07 Å². The molecule has 2 N–H and O–H groups in total. The van der Waals surface area contributed by atoms with Crippen molar-refractivity contribution in [3.63, 3.8) is 0 Å². The number of nitrogen functional groups attached to an aromatic ring is 1. The van der Waals surface area contributed by atoms with Gasteiger partial charge >= 0.3 is 0 Å². The minimum atomic E-state index is -0.404. The summed E-state index contributed by atoms with van der Waals surface area (Å²) in [6.45, 7) is 3.83. The number of hydrogen-bond acceptors (Lipinski definition) is 2. The highest BCUT2D eigenvalue weighted by Gasteiger charge is 2.09. The van der Waals surface area contributed by atoms with Gasteiger partial charge in [-0.05, 0) is 26.0 Å². The second kappa shape index (κ2) is 3.38. The molecule has 0 unspecified atom stereocenters. The second-order valence-corrected chi connectivity index (χ2v) is 3.46. The molecule has 0 bridgehead atoms. The summed E-state index contributed by atoms with van der Waals surface area (Å²) < 4.78 is 15.0. The van der Waals surface area contributed by atoms with Gasteiger partial charge in [0.25, 0.3) is 0 Å². The summed E-state index contributed by atoms with van der Waals surface area (Å²) in [6, 6.07) is 4.75. The van der Waals surface area contributed by atoms with E-state index in [0.717, 1.165) is 11.4 Å². The number of halogens is 1. The van der Waals surface area contributed by atoms with E-state index in [2.05, 4.69) is 4.98 Å². The van der Waals surface area contributed by atoms with Crippen molar-refractivity contribution < 1.29 is 4.39 Å². The first-order chi connectivity index (χ1) is 7.11. The number of aromatic nitrogens is 2. The Labute approximate surface area is 87.4 Å². The monoisotopic (exact) mass is 205 g/mol. The Hall–Kier alpha value is -1.84. The summed E-state index contributed by atoms with van der Waals surface area (Å²) in [5, 5.41) is 0. The Bertz CT molecular complexity index is 503. The van der Waals surface area contributed by atoms with Crippen LogP contribution < -0.4 is 5.73 Å². The van der Waals surface area contributed by atoms with Crippen LogP contribution in [-0.4, -0.2) is 9.55 Å².